The maximum Gasteiger partial charge on any atom is 0.261 e. The summed E-state index contributed by atoms with van der Waals surface area (Å²) in [6.45, 7) is 5.34. The second-order valence-electron chi connectivity index (χ2n) is 8.79. The fourth-order valence-corrected chi connectivity index (χ4v) is 4.41. The number of rotatable bonds is 8. The van der Waals surface area contributed by atoms with Crippen molar-refractivity contribution in [3.63, 3.8) is 0 Å². The van der Waals surface area contributed by atoms with Crippen LogP contribution in [0.15, 0.2) is 40.9 Å². The fraction of sp³-hybridized carbons (Fsp3) is 0.462. The minimum atomic E-state index is -0.754. The van der Waals surface area contributed by atoms with Gasteiger partial charge in [0.05, 0.1) is 0 Å². The first-order valence-electron chi connectivity index (χ1n) is 11.5. The fourth-order valence-electron chi connectivity index (χ4n) is 4.18. The van der Waals surface area contributed by atoms with Gasteiger partial charge in [-0.15, -0.1) is 0 Å². The molecule has 5 nitrogen and oxygen atoms in total. The van der Waals surface area contributed by atoms with Crippen LogP contribution in [-0.2, 0) is 16.1 Å². The van der Waals surface area contributed by atoms with E-state index in [1.54, 1.807) is 25.1 Å². The third kappa shape index (κ3) is 6.79. The van der Waals surface area contributed by atoms with Crippen molar-refractivity contribution in [2.24, 2.45) is 0 Å². The van der Waals surface area contributed by atoms with E-state index in [0.717, 1.165) is 41.3 Å². The van der Waals surface area contributed by atoms with Crippen LogP contribution in [0.5, 0.6) is 5.75 Å². The zero-order valence-electron chi connectivity index (χ0n) is 19.5. The first kappa shape index (κ1) is 25.2. The van der Waals surface area contributed by atoms with Crippen molar-refractivity contribution in [1.29, 1.82) is 0 Å². The van der Waals surface area contributed by atoms with E-state index in [1.807, 2.05) is 26.0 Å². The molecule has 1 atom stereocenters. The second kappa shape index (κ2) is 11.6. The number of ether oxygens (including phenoxy) is 1. The summed E-state index contributed by atoms with van der Waals surface area (Å²) in [5.41, 5.74) is 2.36. The average molecular weight is 519 g/mol. The summed E-state index contributed by atoms with van der Waals surface area (Å²) in [5.74, 6) is -0.424. The lowest BCUT2D eigenvalue weighted by molar-refractivity contribution is -0.142. The highest BCUT2D eigenvalue weighted by Gasteiger charge is 2.29. The van der Waals surface area contributed by atoms with E-state index in [1.165, 1.54) is 17.4 Å². The Kier molecular flexibility index (Phi) is 8.89. The zero-order chi connectivity index (χ0) is 24.0. The molecule has 3 rings (SSSR count). The van der Waals surface area contributed by atoms with Gasteiger partial charge in [0.25, 0.3) is 5.91 Å². The molecular weight excluding hydrogens is 487 g/mol. The first-order valence-corrected chi connectivity index (χ1v) is 12.3. The molecule has 1 saturated carbocycles. The lowest BCUT2D eigenvalue weighted by atomic mass is 9.95. The monoisotopic (exact) mass is 518 g/mol. The number of carbonyl (C=O) groups excluding carboxylic acids is 2. The summed E-state index contributed by atoms with van der Waals surface area (Å²) in [5, 5.41) is 3.08. The average Bonchev–Trinajstić information content (AvgIpc) is 2.80. The molecule has 7 heteroatoms. The molecule has 1 fully saturated rings. The molecule has 0 bridgehead atoms. The molecule has 1 N–H and O–H groups in total. The highest BCUT2D eigenvalue weighted by Crippen LogP contribution is 2.26. The predicted octanol–water partition coefficient (Wildman–Crippen LogP) is 5.45. The van der Waals surface area contributed by atoms with Crippen LogP contribution in [0.1, 0.15) is 55.7 Å². The number of amides is 2. The van der Waals surface area contributed by atoms with Crippen molar-refractivity contribution in [2.75, 3.05) is 6.61 Å². The SMILES string of the molecule is Cc1cc(OCC(=O)N(Cc2ccccc2F)C(C)C(=O)NC2CCCCC2)cc(C)c1Br. The van der Waals surface area contributed by atoms with E-state index in [4.69, 9.17) is 4.74 Å². The number of hydrogen-bond donors (Lipinski definition) is 1. The largest absolute Gasteiger partial charge is 0.484 e. The number of hydrogen-bond acceptors (Lipinski definition) is 3. The molecule has 178 valence electrons. The summed E-state index contributed by atoms with van der Waals surface area (Å²) < 4.78 is 21.1. The number of carbonyl (C=O) groups is 2. The molecule has 0 saturated heterocycles. The standard InChI is InChI=1S/C26H32BrFN2O3/c1-17-13-22(14-18(2)25(17)27)33-16-24(31)30(15-20-9-7-8-12-23(20)28)19(3)26(32)29-21-10-5-4-6-11-21/h7-9,12-14,19,21H,4-6,10-11,15-16H2,1-3H3,(H,29,32). The van der Waals surface area contributed by atoms with Gasteiger partial charge in [-0.1, -0.05) is 53.4 Å². The molecule has 0 aliphatic heterocycles. The Morgan fingerprint density at radius 1 is 1.15 bits per heavy atom. The minimum Gasteiger partial charge on any atom is -0.484 e. The summed E-state index contributed by atoms with van der Waals surface area (Å²) >= 11 is 3.53. The van der Waals surface area contributed by atoms with E-state index in [2.05, 4.69) is 21.2 Å². The molecular formula is C26H32BrFN2O3. The van der Waals surface area contributed by atoms with Gasteiger partial charge in [0.1, 0.15) is 17.6 Å². The van der Waals surface area contributed by atoms with Gasteiger partial charge < -0.3 is 15.0 Å². The van der Waals surface area contributed by atoms with Crippen LogP contribution < -0.4 is 10.1 Å². The number of nitrogens with zero attached hydrogens (tertiary/aromatic N) is 1. The van der Waals surface area contributed by atoms with Gasteiger partial charge in [-0.3, -0.25) is 9.59 Å². The van der Waals surface area contributed by atoms with Crippen molar-refractivity contribution in [3.05, 3.63) is 63.4 Å². The Labute approximate surface area is 203 Å². The Bertz CT molecular complexity index is 968. The highest BCUT2D eigenvalue weighted by molar-refractivity contribution is 9.10. The van der Waals surface area contributed by atoms with Gasteiger partial charge in [0.2, 0.25) is 5.91 Å². The van der Waals surface area contributed by atoms with Crippen LogP contribution >= 0.6 is 15.9 Å². The van der Waals surface area contributed by atoms with E-state index in [0.29, 0.717) is 11.3 Å². The second-order valence-corrected chi connectivity index (χ2v) is 9.59. The third-order valence-electron chi connectivity index (χ3n) is 6.19. The quantitative estimate of drug-likeness (QED) is 0.505. The van der Waals surface area contributed by atoms with Gasteiger partial charge in [0.15, 0.2) is 6.61 Å². The van der Waals surface area contributed by atoms with Gasteiger partial charge in [0, 0.05) is 22.6 Å². The van der Waals surface area contributed by atoms with Crippen LogP contribution in [0.25, 0.3) is 0 Å². The Morgan fingerprint density at radius 2 is 1.79 bits per heavy atom. The third-order valence-corrected chi connectivity index (χ3v) is 7.44. The molecule has 1 unspecified atom stereocenters. The van der Waals surface area contributed by atoms with Gasteiger partial charge >= 0.3 is 0 Å². The molecule has 0 heterocycles. The molecule has 2 aromatic carbocycles. The lowest BCUT2D eigenvalue weighted by Gasteiger charge is -2.31. The minimum absolute atomic E-state index is 0.00743. The maximum atomic E-state index is 14.4. The van der Waals surface area contributed by atoms with Crippen LogP contribution in [0.4, 0.5) is 4.39 Å². The number of nitrogens with one attached hydrogen (secondary N) is 1. The lowest BCUT2D eigenvalue weighted by Crippen LogP contribution is -2.51. The molecule has 0 spiro atoms. The molecule has 1 aliphatic carbocycles. The smallest absolute Gasteiger partial charge is 0.261 e. The number of benzene rings is 2. The predicted molar refractivity (Wildman–Crippen MR) is 131 cm³/mol. The van der Waals surface area contributed by atoms with Crippen molar-refractivity contribution in [1.82, 2.24) is 10.2 Å². The summed E-state index contributed by atoms with van der Waals surface area (Å²) in [4.78, 5) is 27.6. The molecule has 33 heavy (non-hydrogen) atoms. The van der Waals surface area contributed by atoms with E-state index >= 15 is 0 Å². The topological polar surface area (TPSA) is 58.6 Å². The van der Waals surface area contributed by atoms with Crippen molar-refractivity contribution < 1.29 is 18.7 Å². The van der Waals surface area contributed by atoms with Gasteiger partial charge in [-0.25, -0.2) is 4.39 Å². The first-order chi connectivity index (χ1) is 15.8. The normalized spacial score (nSPS) is 15.1. The van der Waals surface area contributed by atoms with Crippen molar-refractivity contribution in [2.45, 2.75) is 71.5 Å². The van der Waals surface area contributed by atoms with Crippen molar-refractivity contribution >= 4 is 27.7 Å². The number of aryl methyl sites for hydroxylation is 2. The summed E-state index contributed by atoms with van der Waals surface area (Å²) in [7, 11) is 0. The Balaban J connectivity index is 1.74. The van der Waals surface area contributed by atoms with Crippen LogP contribution in [0.3, 0.4) is 0 Å². The zero-order valence-corrected chi connectivity index (χ0v) is 21.1. The van der Waals surface area contributed by atoms with E-state index < -0.39 is 11.9 Å². The van der Waals surface area contributed by atoms with E-state index in [-0.39, 0.29) is 31.0 Å². The van der Waals surface area contributed by atoms with Crippen LogP contribution in [0, 0.1) is 19.7 Å². The number of halogens is 2. The van der Waals surface area contributed by atoms with Gasteiger partial charge in [-0.05, 0) is 62.9 Å². The van der Waals surface area contributed by atoms with E-state index in [9.17, 15) is 14.0 Å². The molecule has 0 radical (unpaired) electrons. The Morgan fingerprint density at radius 3 is 2.42 bits per heavy atom. The van der Waals surface area contributed by atoms with Crippen LogP contribution in [-0.4, -0.2) is 35.4 Å². The Hall–Kier alpha value is -2.41. The molecule has 2 amide bonds. The summed E-state index contributed by atoms with van der Waals surface area (Å²) in [6, 6.07) is 9.39. The maximum absolute atomic E-state index is 14.4. The van der Waals surface area contributed by atoms with Gasteiger partial charge in [-0.2, -0.15) is 0 Å². The molecule has 2 aromatic rings. The summed E-state index contributed by atoms with van der Waals surface area (Å²) in [6.07, 6.45) is 5.27. The van der Waals surface area contributed by atoms with Crippen LogP contribution in [0.2, 0.25) is 0 Å². The highest BCUT2D eigenvalue weighted by atomic mass is 79.9. The molecule has 0 aromatic heterocycles. The van der Waals surface area contributed by atoms with Crippen molar-refractivity contribution in [3.8, 4) is 5.75 Å². The molecule has 1 aliphatic rings.